The van der Waals surface area contributed by atoms with Gasteiger partial charge in [-0.3, -0.25) is 4.79 Å². The fraction of sp³-hybridized carbons (Fsp3) is 0.900. The van der Waals surface area contributed by atoms with Crippen LogP contribution in [0, 0.1) is 0 Å². The molecule has 0 aromatic rings. The first-order valence-corrected chi connectivity index (χ1v) is 4.71. The van der Waals surface area contributed by atoms with Crippen molar-refractivity contribution < 1.29 is 14.3 Å². The van der Waals surface area contributed by atoms with E-state index in [1.54, 1.807) is 0 Å². The molecule has 0 spiro atoms. The third kappa shape index (κ3) is 2.02. The van der Waals surface area contributed by atoms with Gasteiger partial charge in [0.2, 0.25) is 0 Å². The quantitative estimate of drug-likeness (QED) is 0.618. The second-order valence-corrected chi connectivity index (χ2v) is 4.29. The number of hydrogen-bond donors (Lipinski definition) is 0. The van der Waals surface area contributed by atoms with E-state index >= 15 is 0 Å². The highest BCUT2D eigenvalue weighted by Crippen LogP contribution is 2.37. The molecule has 0 aliphatic carbocycles. The summed E-state index contributed by atoms with van der Waals surface area (Å²) in [7, 11) is 0. The van der Waals surface area contributed by atoms with Crippen LogP contribution in [-0.4, -0.2) is 23.8 Å². The molecule has 1 fully saturated rings. The molecular weight excluding hydrogens is 168 g/mol. The Morgan fingerprint density at radius 1 is 1.54 bits per heavy atom. The van der Waals surface area contributed by atoms with Gasteiger partial charge in [-0.05, 0) is 33.6 Å². The predicted molar refractivity (Wildman–Crippen MR) is 49.4 cm³/mol. The summed E-state index contributed by atoms with van der Waals surface area (Å²) in [4.78, 5) is 10.9. The molecule has 1 heterocycles. The van der Waals surface area contributed by atoms with Crippen molar-refractivity contribution in [2.75, 3.05) is 6.61 Å². The summed E-state index contributed by atoms with van der Waals surface area (Å²) >= 11 is 0. The van der Waals surface area contributed by atoms with Gasteiger partial charge in [0.25, 0.3) is 0 Å². The molecule has 1 unspecified atom stereocenters. The van der Waals surface area contributed by atoms with E-state index < -0.39 is 5.60 Å². The molecule has 0 radical (unpaired) electrons. The lowest BCUT2D eigenvalue weighted by Gasteiger charge is -2.39. The van der Waals surface area contributed by atoms with E-state index in [2.05, 4.69) is 0 Å². The second kappa shape index (κ2) is 3.29. The molecule has 3 nitrogen and oxygen atoms in total. The van der Waals surface area contributed by atoms with E-state index in [1.165, 1.54) is 6.92 Å². The zero-order valence-electron chi connectivity index (χ0n) is 8.85. The topological polar surface area (TPSA) is 35.5 Å². The summed E-state index contributed by atoms with van der Waals surface area (Å²) in [6.45, 7) is 8.00. The summed E-state index contributed by atoms with van der Waals surface area (Å²) in [5.41, 5.74) is -0.853. The first kappa shape index (κ1) is 10.5. The summed E-state index contributed by atoms with van der Waals surface area (Å²) in [5, 5.41) is 0. The fourth-order valence-corrected chi connectivity index (χ4v) is 1.72. The Morgan fingerprint density at radius 2 is 2.15 bits per heavy atom. The van der Waals surface area contributed by atoms with Gasteiger partial charge in [0.05, 0.1) is 0 Å². The number of rotatable bonds is 2. The minimum Gasteiger partial charge on any atom is -0.457 e. The van der Waals surface area contributed by atoms with Gasteiger partial charge in [-0.1, -0.05) is 0 Å². The van der Waals surface area contributed by atoms with E-state index in [-0.39, 0.29) is 11.6 Å². The molecule has 76 valence electrons. The maximum Gasteiger partial charge on any atom is 0.303 e. The normalized spacial score (nSPS) is 28.9. The zero-order valence-corrected chi connectivity index (χ0v) is 8.85. The maximum atomic E-state index is 10.9. The minimum absolute atomic E-state index is 0.248. The van der Waals surface area contributed by atoms with Gasteiger partial charge in [-0.25, -0.2) is 0 Å². The molecule has 3 heteroatoms. The van der Waals surface area contributed by atoms with E-state index in [1.807, 2.05) is 20.8 Å². The van der Waals surface area contributed by atoms with Gasteiger partial charge in [0.1, 0.15) is 11.2 Å². The molecule has 13 heavy (non-hydrogen) atoms. The van der Waals surface area contributed by atoms with Gasteiger partial charge in [0, 0.05) is 13.5 Å². The molecule has 1 aliphatic heterocycles. The molecule has 1 saturated heterocycles. The van der Waals surface area contributed by atoms with Crippen LogP contribution >= 0.6 is 0 Å². The van der Waals surface area contributed by atoms with Gasteiger partial charge < -0.3 is 9.47 Å². The van der Waals surface area contributed by atoms with Crippen LogP contribution in [0.2, 0.25) is 0 Å². The van der Waals surface area contributed by atoms with Gasteiger partial charge in [-0.2, -0.15) is 0 Å². The Morgan fingerprint density at radius 3 is 2.54 bits per heavy atom. The van der Waals surface area contributed by atoms with Crippen LogP contribution in [0.4, 0.5) is 0 Å². The lowest BCUT2D eigenvalue weighted by Crippen LogP contribution is -2.50. The fourth-order valence-electron chi connectivity index (χ4n) is 1.72. The second-order valence-electron chi connectivity index (χ2n) is 4.29. The van der Waals surface area contributed by atoms with E-state index in [4.69, 9.17) is 9.47 Å². The van der Waals surface area contributed by atoms with Crippen LogP contribution in [0.5, 0.6) is 0 Å². The van der Waals surface area contributed by atoms with Gasteiger partial charge in [-0.15, -0.1) is 0 Å². The average Bonchev–Trinajstić information content (AvgIpc) is 2.34. The third-order valence-corrected chi connectivity index (χ3v) is 2.89. The summed E-state index contributed by atoms with van der Waals surface area (Å²) in [6.07, 6.45) is 1.99. The Balaban J connectivity index is 2.71. The van der Waals surface area contributed by atoms with E-state index in [9.17, 15) is 4.79 Å². The molecule has 1 rings (SSSR count). The highest BCUT2D eigenvalue weighted by atomic mass is 16.6. The number of carbonyl (C=O) groups excluding carboxylic acids is 1. The molecule has 0 amide bonds. The predicted octanol–water partition coefficient (Wildman–Crippen LogP) is 1.90. The maximum absolute atomic E-state index is 10.9. The summed E-state index contributed by atoms with van der Waals surface area (Å²) in [5.74, 6) is -0.248. The number of carbonyl (C=O) groups is 1. The summed E-state index contributed by atoms with van der Waals surface area (Å²) < 4.78 is 10.9. The third-order valence-electron chi connectivity index (χ3n) is 2.89. The zero-order chi connectivity index (χ0) is 10.1. The van der Waals surface area contributed by atoms with Gasteiger partial charge >= 0.3 is 5.97 Å². The SMILES string of the molecule is CC(=O)OC(C)(C)C1(C)CCCO1. The Bertz CT molecular complexity index is 202. The van der Waals surface area contributed by atoms with Crippen molar-refractivity contribution in [3.63, 3.8) is 0 Å². The standard InChI is InChI=1S/C10H18O3/c1-8(11)13-9(2,3)10(4)6-5-7-12-10/h5-7H2,1-4H3. The lowest BCUT2D eigenvalue weighted by atomic mass is 9.85. The van der Waals surface area contributed by atoms with E-state index in [0.717, 1.165) is 19.4 Å². The molecule has 0 aromatic carbocycles. The van der Waals surface area contributed by atoms with Crippen LogP contribution in [-0.2, 0) is 14.3 Å². The van der Waals surface area contributed by atoms with Crippen molar-refractivity contribution in [2.24, 2.45) is 0 Å². The van der Waals surface area contributed by atoms with Crippen molar-refractivity contribution >= 4 is 5.97 Å². The Labute approximate surface area is 79.4 Å². The smallest absolute Gasteiger partial charge is 0.303 e. The molecular formula is C10H18O3. The largest absolute Gasteiger partial charge is 0.457 e. The molecule has 0 aromatic heterocycles. The Kier molecular flexibility index (Phi) is 2.66. The van der Waals surface area contributed by atoms with Crippen LogP contribution in [0.1, 0.15) is 40.5 Å². The van der Waals surface area contributed by atoms with Crippen molar-refractivity contribution in [1.82, 2.24) is 0 Å². The Hall–Kier alpha value is -0.570. The molecule has 1 atom stereocenters. The van der Waals surface area contributed by atoms with Crippen molar-refractivity contribution in [1.29, 1.82) is 0 Å². The highest BCUT2D eigenvalue weighted by Gasteiger charge is 2.47. The molecule has 1 aliphatic rings. The molecule has 0 bridgehead atoms. The highest BCUT2D eigenvalue weighted by molar-refractivity contribution is 5.66. The first-order valence-electron chi connectivity index (χ1n) is 4.71. The molecule has 0 N–H and O–H groups in total. The van der Waals surface area contributed by atoms with Crippen molar-refractivity contribution in [3.8, 4) is 0 Å². The monoisotopic (exact) mass is 186 g/mol. The number of esters is 1. The number of hydrogen-bond acceptors (Lipinski definition) is 3. The van der Waals surface area contributed by atoms with Crippen LogP contribution < -0.4 is 0 Å². The molecule has 0 saturated carbocycles. The van der Waals surface area contributed by atoms with Crippen LogP contribution in [0.15, 0.2) is 0 Å². The average molecular weight is 186 g/mol. The first-order chi connectivity index (χ1) is 5.87. The van der Waals surface area contributed by atoms with Crippen LogP contribution in [0.3, 0.4) is 0 Å². The van der Waals surface area contributed by atoms with E-state index in [0.29, 0.717) is 0 Å². The minimum atomic E-state index is -0.532. The van der Waals surface area contributed by atoms with Crippen molar-refractivity contribution in [2.45, 2.75) is 51.7 Å². The van der Waals surface area contributed by atoms with Gasteiger partial charge in [0.15, 0.2) is 0 Å². The van der Waals surface area contributed by atoms with Crippen LogP contribution in [0.25, 0.3) is 0 Å². The number of ether oxygens (including phenoxy) is 2. The lowest BCUT2D eigenvalue weighted by molar-refractivity contribution is -0.184. The van der Waals surface area contributed by atoms with Crippen molar-refractivity contribution in [3.05, 3.63) is 0 Å². The summed E-state index contributed by atoms with van der Waals surface area (Å²) in [6, 6.07) is 0.